The second-order valence-corrected chi connectivity index (χ2v) is 2.89. The van der Waals surface area contributed by atoms with Crippen LogP contribution in [0.4, 0.5) is 13.2 Å². The first-order chi connectivity index (χ1) is 5.00. The first-order valence-corrected chi connectivity index (χ1v) is 3.45. The second-order valence-electron chi connectivity index (χ2n) is 1.94. The highest BCUT2D eigenvalue weighted by Crippen LogP contribution is 2.28. The number of nitrogens with zero attached hydrogens (tertiary/aromatic N) is 2. The summed E-state index contributed by atoms with van der Waals surface area (Å²) in [5.74, 6) is 0. The quantitative estimate of drug-likeness (QED) is 0.532. The first kappa shape index (κ1) is 8.45. The summed E-state index contributed by atoms with van der Waals surface area (Å²) in [7, 11) is 1.51. The molecule has 1 aliphatic heterocycles. The topological polar surface area (TPSA) is 15.6 Å². The summed E-state index contributed by atoms with van der Waals surface area (Å²) < 4.78 is 40.5. The molecule has 6 heteroatoms. The van der Waals surface area contributed by atoms with Gasteiger partial charge in [0.25, 0.3) is 0 Å². The molecule has 0 N–H and O–H groups in total. The Morgan fingerprint density at radius 3 is 2.55 bits per heavy atom. The summed E-state index contributed by atoms with van der Waals surface area (Å²) in [4.78, 5) is 0. The molecule has 1 rings (SSSR count). The third kappa shape index (κ3) is 2.14. The number of allylic oxidation sites excluding steroid dienone is 1. The van der Waals surface area contributed by atoms with Crippen LogP contribution in [0.3, 0.4) is 0 Å². The third-order valence-corrected chi connectivity index (χ3v) is 1.58. The molecule has 0 radical (unpaired) electrons. The van der Waals surface area contributed by atoms with Crippen LogP contribution in [-0.4, -0.2) is 23.7 Å². The molecule has 0 fully saturated rings. The zero-order valence-corrected chi connectivity index (χ0v) is 6.41. The van der Waals surface area contributed by atoms with Gasteiger partial charge in [0.15, 0.2) is 0 Å². The molecule has 1 aliphatic rings. The summed E-state index contributed by atoms with van der Waals surface area (Å²) in [5, 5.41) is 0. The Morgan fingerprint density at radius 2 is 2.18 bits per heavy atom. The highest BCUT2D eigenvalue weighted by Gasteiger charge is 2.33. The van der Waals surface area contributed by atoms with E-state index in [-0.39, 0.29) is 0 Å². The predicted octanol–water partition coefficient (Wildman–Crippen LogP) is 2.01. The van der Waals surface area contributed by atoms with Gasteiger partial charge in [-0.05, 0) is 0 Å². The largest absolute Gasteiger partial charge is 0.419 e. The number of halogens is 3. The third-order valence-electron chi connectivity index (χ3n) is 1.02. The molecular weight excluding hydrogens is 177 g/mol. The molecule has 0 atom stereocenters. The van der Waals surface area contributed by atoms with Gasteiger partial charge in [-0.2, -0.15) is 13.2 Å². The van der Waals surface area contributed by atoms with Crippen LogP contribution in [-0.2, 0) is 0 Å². The maximum absolute atomic E-state index is 11.9. The van der Waals surface area contributed by atoms with Crippen molar-refractivity contribution in [3.8, 4) is 0 Å². The lowest BCUT2D eigenvalue weighted by Gasteiger charge is -2.16. The van der Waals surface area contributed by atoms with E-state index in [0.717, 1.165) is 24.5 Å². The maximum atomic E-state index is 11.9. The van der Waals surface area contributed by atoms with Crippen molar-refractivity contribution in [3.63, 3.8) is 0 Å². The molecule has 0 saturated heterocycles. The summed E-state index contributed by atoms with van der Waals surface area (Å²) >= 11 is 0.964. The Kier molecular flexibility index (Phi) is 2.12. The van der Waals surface area contributed by atoms with Crippen LogP contribution in [0.5, 0.6) is 0 Å². The van der Waals surface area contributed by atoms with Crippen LogP contribution in [0.25, 0.3) is 0 Å². The fourth-order valence-electron chi connectivity index (χ4n) is 0.554. The van der Waals surface area contributed by atoms with Crippen LogP contribution in [0.2, 0.25) is 0 Å². The van der Waals surface area contributed by atoms with E-state index in [0.29, 0.717) is 0 Å². The summed E-state index contributed by atoms with van der Waals surface area (Å²) in [6, 6.07) is 0. The molecule has 11 heavy (non-hydrogen) atoms. The van der Waals surface area contributed by atoms with Crippen molar-refractivity contribution in [2.24, 2.45) is 4.40 Å². The highest BCUT2D eigenvalue weighted by molar-refractivity contribution is 7.95. The highest BCUT2D eigenvalue weighted by atomic mass is 32.2. The number of hydrogen-bond acceptors (Lipinski definition) is 3. The lowest BCUT2D eigenvalue weighted by atomic mass is 10.3. The molecule has 0 aromatic carbocycles. The monoisotopic (exact) mass is 182 g/mol. The average molecular weight is 182 g/mol. The summed E-state index contributed by atoms with van der Waals surface area (Å²) in [5.41, 5.74) is -0.723. The lowest BCUT2D eigenvalue weighted by molar-refractivity contribution is -0.0862. The van der Waals surface area contributed by atoms with E-state index >= 15 is 0 Å². The molecule has 0 aromatic rings. The maximum Gasteiger partial charge on any atom is 0.419 e. The second kappa shape index (κ2) is 2.77. The Morgan fingerprint density at radius 1 is 1.55 bits per heavy atom. The van der Waals surface area contributed by atoms with Gasteiger partial charge in [-0.1, -0.05) is 0 Å². The minimum Gasteiger partial charge on any atom is -0.307 e. The van der Waals surface area contributed by atoms with Gasteiger partial charge in [-0.25, -0.2) is 4.40 Å². The van der Waals surface area contributed by atoms with E-state index in [4.69, 9.17) is 0 Å². The minimum atomic E-state index is -4.29. The summed E-state index contributed by atoms with van der Waals surface area (Å²) in [6.45, 7) is 0. The van der Waals surface area contributed by atoms with E-state index in [1.807, 2.05) is 0 Å². The molecule has 0 unspecified atom stereocenters. The van der Waals surface area contributed by atoms with Crippen molar-refractivity contribution in [3.05, 3.63) is 11.8 Å². The van der Waals surface area contributed by atoms with E-state index < -0.39 is 11.7 Å². The number of alkyl halides is 3. The molecule has 0 amide bonds. The van der Waals surface area contributed by atoms with Crippen molar-refractivity contribution in [2.45, 2.75) is 6.18 Å². The van der Waals surface area contributed by atoms with Gasteiger partial charge in [0, 0.05) is 13.2 Å². The van der Waals surface area contributed by atoms with Gasteiger partial charge in [0.2, 0.25) is 0 Å². The lowest BCUT2D eigenvalue weighted by Crippen LogP contribution is -2.18. The van der Waals surface area contributed by atoms with E-state index in [1.54, 1.807) is 0 Å². The predicted molar refractivity (Wildman–Crippen MR) is 38.0 cm³/mol. The zero-order valence-electron chi connectivity index (χ0n) is 5.59. The number of hydrogen-bond donors (Lipinski definition) is 0. The van der Waals surface area contributed by atoms with Gasteiger partial charge in [-0.15, -0.1) is 0 Å². The van der Waals surface area contributed by atoms with E-state index in [1.165, 1.54) is 11.4 Å². The van der Waals surface area contributed by atoms with Crippen LogP contribution < -0.4 is 0 Å². The van der Waals surface area contributed by atoms with Gasteiger partial charge in [-0.3, -0.25) is 0 Å². The van der Waals surface area contributed by atoms with Crippen LogP contribution >= 0.6 is 12.1 Å². The molecule has 0 saturated carbocycles. The van der Waals surface area contributed by atoms with Crippen molar-refractivity contribution < 1.29 is 13.2 Å². The Bertz CT molecular complexity index is 208. The van der Waals surface area contributed by atoms with Crippen LogP contribution in [0, 0.1) is 0 Å². The Balaban J connectivity index is 2.80. The van der Waals surface area contributed by atoms with Crippen LogP contribution in [0.1, 0.15) is 0 Å². The smallest absolute Gasteiger partial charge is 0.307 e. The molecule has 2 nitrogen and oxygen atoms in total. The molecule has 0 spiro atoms. The fourth-order valence-corrected chi connectivity index (χ4v) is 1.02. The molecule has 0 aromatic heterocycles. The van der Waals surface area contributed by atoms with E-state index in [2.05, 4.69) is 4.40 Å². The Labute approximate surface area is 66.0 Å². The van der Waals surface area contributed by atoms with Crippen molar-refractivity contribution >= 4 is 18.3 Å². The first-order valence-electron chi connectivity index (χ1n) is 2.72. The Hall–Kier alpha value is -0.650. The molecule has 62 valence electrons. The van der Waals surface area contributed by atoms with Gasteiger partial charge < -0.3 is 4.31 Å². The van der Waals surface area contributed by atoms with Gasteiger partial charge in [0.1, 0.15) is 0 Å². The molecular formula is C5H5F3N2S. The molecule has 1 heterocycles. The van der Waals surface area contributed by atoms with Crippen molar-refractivity contribution in [1.82, 2.24) is 4.31 Å². The van der Waals surface area contributed by atoms with Gasteiger partial charge >= 0.3 is 6.18 Å². The normalized spacial score (nSPS) is 18.5. The van der Waals surface area contributed by atoms with Gasteiger partial charge in [0.05, 0.1) is 23.9 Å². The van der Waals surface area contributed by atoms with Crippen molar-refractivity contribution in [1.29, 1.82) is 0 Å². The average Bonchev–Trinajstić information content (AvgIpc) is 1.86. The van der Waals surface area contributed by atoms with Crippen LogP contribution in [0.15, 0.2) is 16.2 Å². The zero-order chi connectivity index (χ0) is 8.48. The minimum absolute atomic E-state index is 0.723. The summed E-state index contributed by atoms with van der Waals surface area (Å²) in [6.07, 6.45) is -2.49. The number of rotatable bonds is 0. The van der Waals surface area contributed by atoms with E-state index in [9.17, 15) is 13.2 Å². The fraction of sp³-hybridized carbons (Fsp3) is 0.400. The molecule has 0 aliphatic carbocycles. The SMILES string of the molecule is CN1C=C(C(F)(F)F)C=NS1. The molecule has 0 bridgehead atoms. The van der Waals surface area contributed by atoms with Crippen molar-refractivity contribution in [2.75, 3.05) is 7.05 Å². The standard InChI is InChI=1S/C5H5F3N2S/c1-10-3-4(2-9-11-10)5(6,7)8/h2-3H,1H3.